The molecule has 4 rings (SSSR count). The number of ketones is 1. The molecule has 0 aliphatic heterocycles. The van der Waals surface area contributed by atoms with Gasteiger partial charge in [-0.25, -0.2) is 0 Å². The fourth-order valence-electron chi connectivity index (χ4n) is 3.73. The molecule has 0 aliphatic rings. The molecule has 9 heteroatoms. The van der Waals surface area contributed by atoms with E-state index in [1.807, 2.05) is 13.8 Å². The average molecular weight is 479 g/mol. The fourth-order valence-corrected chi connectivity index (χ4v) is 3.73. The Bertz CT molecular complexity index is 1510. The van der Waals surface area contributed by atoms with Crippen LogP contribution in [0, 0.1) is 13.8 Å². The summed E-state index contributed by atoms with van der Waals surface area (Å²) in [7, 11) is 0. The molecule has 0 aliphatic carbocycles. The van der Waals surface area contributed by atoms with Crippen molar-refractivity contribution in [2.75, 3.05) is 5.32 Å². The lowest BCUT2D eigenvalue weighted by Gasteiger charge is -2.15. The zero-order chi connectivity index (χ0) is 25.3. The molecule has 2 aromatic heterocycles. The first kappa shape index (κ1) is 23.9. The number of anilines is 1. The number of fused-ring (bicyclic) bond motifs is 1. The number of benzene rings is 2. The zero-order valence-electron chi connectivity index (χ0n) is 18.8. The van der Waals surface area contributed by atoms with Crippen molar-refractivity contribution in [3.63, 3.8) is 0 Å². The Kier molecular flexibility index (Phi) is 6.26. The van der Waals surface area contributed by atoms with Crippen molar-refractivity contribution in [1.29, 1.82) is 0 Å². The Morgan fingerprint density at radius 2 is 1.69 bits per heavy atom. The number of halogens is 3. The molecule has 6 nitrogen and oxygen atoms in total. The third kappa shape index (κ3) is 4.98. The van der Waals surface area contributed by atoms with E-state index in [2.05, 4.69) is 10.3 Å². The van der Waals surface area contributed by atoms with E-state index in [1.54, 1.807) is 12.1 Å². The SMILES string of the molecule is Cc1cc2c(=O)c(C(=O)c3ccncc3)cn(CC(=O)Nc3cccc(C(F)(F)F)c3)c2cc1C. The van der Waals surface area contributed by atoms with Crippen LogP contribution < -0.4 is 10.7 Å². The Hall–Kier alpha value is -4.27. The van der Waals surface area contributed by atoms with Crippen molar-refractivity contribution in [3.8, 4) is 0 Å². The predicted octanol–water partition coefficient (Wildman–Crippen LogP) is 4.90. The van der Waals surface area contributed by atoms with Gasteiger partial charge in [0.15, 0.2) is 5.78 Å². The van der Waals surface area contributed by atoms with E-state index in [9.17, 15) is 27.6 Å². The van der Waals surface area contributed by atoms with Gasteiger partial charge in [-0.1, -0.05) is 6.07 Å². The number of aromatic nitrogens is 2. The molecule has 0 bridgehead atoms. The van der Waals surface area contributed by atoms with Crippen LogP contribution in [-0.4, -0.2) is 21.2 Å². The summed E-state index contributed by atoms with van der Waals surface area (Å²) in [5, 5.41) is 2.72. The molecule has 0 saturated heterocycles. The molecule has 0 saturated carbocycles. The first-order valence-corrected chi connectivity index (χ1v) is 10.6. The summed E-state index contributed by atoms with van der Waals surface area (Å²) < 4.78 is 40.5. The van der Waals surface area contributed by atoms with Gasteiger partial charge in [0, 0.05) is 35.2 Å². The minimum absolute atomic E-state index is 0.0183. The van der Waals surface area contributed by atoms with E-state index in [0.29, 0.717) is 5.52 Å². The summed E-state index contributed by atoms with van der Waals surface area (Å²) in [6.07, 6.45) is -0.368. The smallest absolute Gasteiger partial charge is 0.337 e. The third-order valence-corrected chi connectivity index (χ3v) is 5.67. The van der Waals surface area contributed by atoms with Crippen LogP contribution in [0.1, 0.15) is 32.6 Å². The topological polar surface area (TPSA) is 81.1 Å². The molecule has 35 heavy (non-hydrogen) atoms. The summed E-state index contributed by atoms with van der Waals surface area (Å²) in [6.45, 7) is 3.35. The van der Waals surface area contributed by atoms with Gasteiger partial charge in [0.05, 0.1) is 16.6 Å². The van der Waals surface area contributed by atoms with Gasteiger partial charge in [-0.3, -0.25) is 19.4 Å². The fraction of sp³-hybridized carbons (Fsp3) is 0.154. The van der Waals surface area contributed by atoms with E-state index < -0.39 is 28.9 Å². The number of carbonyl (C=O) groups is 2. The first-order chi connectivity index (χ1) is 16.5. The molecule has 4 aromatic rings. The highest BCUT2D eigenvalue weighted by atomic mass is 19.4. The zero-order valence-corrected chi connectivity index (χ0v) is 18.8. The lowest BCUT2D eigenvalue weighted by atomic mass is 10.0. The summed E-state index contributed by atoms with van der Waals surface area (Å²) in [5.74, 6) is -1.14. The average Bonchev–Trinajstić information content (AvgIpc) is 2.82. The Morgan fingerprint density at radius 3 is 2.37 bits per heavy atom. The van der Waals surface area contributed by atoms with Gasteiger partial charge in [-0.2, -0.15) is 13.2 Å². The van der Waals surface area contributed by atoms with Crippen LogP contribution in [-0.2, 0) is 17.5 Å². The van der Waals surface area contributed by atoms with E-state index in [4.69, 9.17) is 0 Å². The molecule has 0 atom stereocenters. The maximum absolute atomic E-state index is 13.2. The number of amides is 1. The predicted molar refractivity (Wildman–Crippen MR) is 125 cm³/mol. The number of aryl methyl sites for hydroxylation is 2. The number of pyridine rings is 2. The number of nitrogens with zero attached hydrogens (tertiary/aromatic N) is 2. The van der Waals surface area contributed by atoms with Crippen molar-refractivity contribution in [1.82, 2.24) is 9.55 Å². The largest absolute Gasteiger partial charge is 0.416 e. The quantitative estimate of drug-likeness (QED) is 0.413. The molecule has 2 heterocycles. The number of alkyl halides is 3. The highest BCUT2D eigenvalue weighted by Gasteiger charge is 2.30. The number of hydrogen-bond acceptors (Lipinski definition) is 4. The van der Waals surface area contributed by atoms with Crippen LogP contribution in [0.4, 0.5) is 18.9 Å². The summed E-state index contributed by atoms with van der Waals surface area (Å²) >= 11 is 0. The lowest BCUT2D eigenvalue weighted by molar-refractivity contribution is -0.137. The maximum Gasteiger partial charge on any atom is 0.416 e. The van der Waals surface area contributed by atoms with Crippen molar-refractivity contribution in [2.24, 2.45) is 0 Å². The van der Waals surface area contributed by atoms with E-state index in [0.717, 1.165) is 23.3 Å². The van der Waals surface area contributed by atoms with Crippen LogP contribution in [0.15, 0.2) is 71.9 Å². The van der Waals surface area contributed by atoms with Crippen LogP contribution in [0.3, 0.4) is 0 Å². The molecular weight excluding hydrogens is 459 g/mol. The molecule has 0 unspecified atom stereocenters. The molecule has 178 valence electrons. The van der Waals surface area contributed by atoms with Crippen LogP contribution >= 0.6 is 0 Å². The van der Waals surface area contributed by atoms with Gasteiger partial charge < -0.3 is 9.88 Å². The van der Waals surface area contributed by atoms with Gasteiger partial charge in [-0.15, -0.1) is 0 Å². The van der Waals surface area contributed by atoms with Gasteiger partial charge in [-0.05, 0) is 67.4 Å². The lowest BCUT2D eigenvalue weighted by Crippen LogP contribution is -2.24. The molecule has 1 amide bonds. The minimum Gasteiger partial charge on any atom is -0.337 e. The summed E-state index contributed by atoms with van der Waals surface area (Å²) in [6, 6.07) is 10.7. The van der Waals surface area contributed by atoms with Gasteiger partial charge in [0.25, 0.3) is 0 Å². The highest BCUT2D eigenvalue weighted by Crippen LogP contribution is 2.30. The Labute approximate surface area is 198 Å². The van der Waals surface area contributed by atoms with Gasteiger partial charge in [0.2, 0.25) is 11.3 Å². The second-order valence-corrected chi connectivity index (χ2v) is 8.15. The van der Waals surface area contributed by atoms with E-state index in [1.165, 1.54) is 47.4 Å². The Morgan fingerprint density at radius 1 is 1.00 bits per heavy atom. The van der Waals surface area contributed by atoms with Crippen molar-refractivity contribution < 1.29 is 22.8 Å². The number of carbonyl (C=O) groups excluding carboxylic acids is 2. The molecule has 1 N–H and O–H groups in total. The molecule has 2 aromatic carbocycles. The maximum atomic E-state index is 13.2. The third-order valence-electron chi connectivity index (χ3n) is 5.67. The molecule has 0 fully saturated rings. The number of rotatable bonds is 5. The van der Waals surface area contributed by atoms with Crippen LogP contribution in [0.5, 0.6) is 0 Å². The Balaban J connectivity index is 1.75. The summed E-state index contributed by atoms with van der Waals surface area (Å²) in [4.78, 5) is 42.9. The monoisotopic (exact) mass is 479 g/mol. The normalized spacial score (nSPS) is 11.5. The van der Waals surface area contributed by atoms with Gasteiger partial charge in [0.1, 0.15) is 6.54 Å². The van der Waals surface area contributed by atoms with E-state index in [-0.39, 0.29) is 28.7 Å². The van der Waals surface area contributed by atoms with Crippen molar-refractivity contribution in [2.45, 2.75) is 26.6 Å². The number of hydrogen-bond donors (Lipinski definition) is 1. The standard InChI is InChI=1S/C26H20F3N3O3/c1-15-10-20-22(11-16(15)2)32(13-21(25(20)35)24(34)17-6-8-30-9-7-17)14-23(33)31-19-5-3-4-18(12-19)26(27,28)29/h3-13H,14H2,1-2H3,(H,31,33). The van der Waals surface area contributed by atoms with Crippen molar-refractivity contribution in [3.05, 3.63) is 105 Å². The van der Waals surface area contributed by atoms with E-state index >= 15 is 0 Å². The second kappa shape index (κ2) is 9.17. The van der Waals surface area contributed by atoms with Gasteiger partial charge >= 0.3 is 6.18 Å². The highest BCUT2D eigenvalue weighted by molar-refractivity contribution is 6.10. The molecule has 0 spiro atoms. The summed E-state index contributed by atoms with van der Waals surface area (Å²) in [5.41, 5.74) is 0.901. The minimum atomic E-state index is -4.55. The molecular formula is C26H20F3N3O3. The number of nitrogens with one attached hydrogen (secondary N) is 1. The van der Waals surface area contributed by atoms with Crippen LogP contribution in [0.2, 0.25) is 0 Å². The van der Waals surface area contributed by atoms with Crippen molar-refractivity contribution >= 4 is 28.3 Å². The first-order valence-electron chi connectivity index (χ1n) is 10.6. The second-order valence-electron chi connectivity index (χ2n) is 8.15. The molecule has 0 radical (unpaired) electrons. The van der Waals surface area contributed by atoms with Crippen LogP contribution in [0.25, 0.3) is 10.9 Å².